The molecule has 5 nitrogen and oxygen atoms in total. The Labute approximate surface area is 110 Å². The smallest absolute Gasteiger partial charge is 0.149 e. The fourth-order valence-corrected chi connectivity index (χ4v) is 3.17. The summed E-state index contributed by atoms with van der Waals surface area (Å²) in [5.74, 6) is 0.921. The Kier molecular flexibility index (Phi) is 3.38. The maximum Gasteiger partial charge on any atom is 0.149 e. The molecule has 1 aliphatic heterocycles. The highest BCUT2D eigenvalue weighted by Crippen LogP contribution is 2.25. The molecule has 96 valence electrons. The second-order valence-electron chi connectivity index (χ2n) is 4.68. The van der Waals surface area contributed by atoms with Crippen molar-refractivity contribution in [3.05, 3.63) is 12.0 Å². The van der Waals surface area contributed by atoms with Gasteiger partial charge in [-0.1, -0.05) is 0 Å². The number of nitrogens with zero attached hydrogens (tertiary/aromatic N) is 3. The second-order valence-corrected chi connectivity index (χ2v) is 5.43. The zero-order valence-electron chi connectivity index (χ0n) is 10.4. The Bertz CT molecular complexity index is 532. The van der Waals surface area contributed by atoms with Crippen LogP contribution in [0.5, 0.6) is 0 Å². The van der Waals surface area contributed by atoms with E-state index < -0.39 is 0 Å². The zero-order valence-corrected chi connectivity index (χ0v) is 11.3. The van der Waals surface area contributed by atoms with Crippen molar-refractivity contribution in [3.63, 3.8) is 0 Å². The van der Waals surface area contributed by atoms with Crippen LogP contribution in [0.4, 0.5) is 5.82 Å². The first-order chi connectivity index (χ1) is 8.84. The molecular weight excluding hydrogens is 246 g/mol. The third-order valence-corrected chi connectivity index (χ3v) is 4.24. The molecule has 1 unspecified atom stereocenters. The van der Waals surface area contributed by atoms with Crippen LogP contribution in [-0.4, -0.2) is 33.5 Å². The maximum atomic E-state index is 4.33. The number of aryl methyl sites for hydroxylation is 1. The number of fused-ring (bicyclic) bond motifs is 1. The standard InChI is InChI=1S/C12H17N5S/c1-8-10-11(15-7-16-12(10)18-17-8)14-6-4-9-3-2-5-13-9/h7,9,13H,2-6H2,1H3,(H,14,15,16). The molecule has 0 spiro atoms. The molecule has 0 aromatic carbocycles. The van der Waals surface area contributed by atoms with Crippen LogP contribution < -0.4 is 10.6 Å². The molecule has 2 N–H and O–H groups in total. The molecule has 3 rings (SSSR count). The van der Waals surface area contributed by atoms with Crippen LogP contribution in [-0.2, 0) is 0 Å². The van der Waals surface area contributed by atoms with Gasteiger partial charge in [-0.15, -0.1) is 0 Å². The summed E-state index contributed by atoms with van der Waals surface area (Å²) < 4.78 is 4.33. The van der Waals surface area contributed by atoms with Gasteiger partial charge in [-0.2, -0.15) is 4.37 Å². The Morgan fingerprint density at radius 2 is 2.44 bits per heavy atom. The van der Waals surface area contributed by atoms with Crippen LogP contribution in [0.1, 0.15) is 25.0 Å². The van der Waals surface area contributed by atoms with Crippen LogP contribution in [0, 0.1) is 6.92 Å². The van der Waals surface area contributed by atoms with Crippen molar-refractivity contribution >= 4 is 27.6 Å². The number of nitrogens with one attached hydrogen (secondary N) is 2. The Morgan fingerprint density at radius 1 is 1.50 bits per heavy atom. The highest BCUT2D eigenvalue weighted by atomic mass is 32.1. The molecule has 2 aromatic rings. The van der Waals surface area contributed by atoms with E-state index in [1.54, 1.807) is 6.33 Å². The van der Waals surface area contributed by atoms with Crippen LogP contribution in [0.2, 0.25) is 0 Å². The number of anilines is 1. The van der Waals surface area contributed by atoms with Crippen molar-refractivity contribution in [2.45, 2.75) is 32.2 Å². The Balaban J connectivity index is 1.68. The second kappa shape index (κ2) is 5.16. The van der Waals surface area contributed by atoms with Gasteiger partial charge in [0.05, 0.1) is 11.1 Å². The van der Waals surface area contributed by atoms with E-state index in [1.807, 2.05) is 6.92 Å². The molecule has 2 aromatic heterocycles. The minimum Gasteiger partial charge on any atom is -0.369 e. The summed E-state index contributed by atoms with van der Waals surface area (Å²) in [6.45, 7) is 4.11. The summed E-state index contributed by atoms with van der Waals surface area (Å²) >= 11 is 1.43. The van der Waals surface area contributed by atoms with Crippen molar-refractivity contribution in [2.75, 3.05) is 18.4 Å². The van der Waals surface area contributed by atoms with E-state index in [2.05, 4.69) is 25.0 Å². The van der Waals surface area contributed by atoms with E-state index in [-0.39, 0.29) is 0 Å². The molecule has 1 fully saturated rings. The van der Waals surface area contributed by atoms with E-state index in [4.69, 9.17) is 0 Å². The summed E-state index contributed by atoms with van der Waals surface area (Å²) in [6.07, 6.45) is 5.34. The number of hydrogen-bond acceptors (Lipinski definition) is 6. The molecule has 6 heteroatoms. The third-order valence-electron chi connectivity index (χ3n) is 3.39. The lowest BCUT2D eigenvalue weighted by atomic mass is 10.1. The van der Waals surface area contributed by atoms with E-state index >= 15 is 0 Å². The number of rotatable bonds is 4. The SMILES string of the molecule is Cc1nsc2ncnc(NCCC3CCCN3)c12. The van der Waals surface area contributed by atoms with Gasteiger partial charge in [0.25, 0.3) is 0 Å². The lowest BCUT2D eigenvalue weighted by Crippen LogP contribution is -2.24. The third kappa shape index (κ3) is 2.30. The van der Waals surface area contributed by atoms with Gasteiger partial charge < -0.3 is 10.6 Å². The Morgan fingerprint density at radius 3 is 3.28 bits per heavy atom. The summed E-state index contributed by atoms with van der Waals surface area (Å²) in [7, 11) is 0. The zero-order chi connectivity index (χ0) is 12.4. The van der Waals surface area contributed by atoms with Gasteiger partial charge in [-0.05, 0) is 44.3 Å². The van der Waals surface area contributed by atoms with Crippen LogP contribution in [0.25, 0.3) is 10.2 Å². The van der Waals surface area contributed by atoms with Gasteiger partial charge >= 0.3 is 0 Å². The molecular formula is C12H17N5S. The lowest BCUT2D eigenvalue weighted by molar-refractivity contribution is 0.574. The largest absolute Gasteiger partial charge is 0.369 e. The van der Waals surface area contributed by atoms with Gasteiger partial charge in [-0.3, -0.25) is 0 Å². The minimum atomic E-state index is 0.663. The van der Waals surface area contributed by atoms with Gasteiger partial charge in [0.1, 0.15) is 17.0 Å². The van der Waals surface area contributed by atoms with Gasteiger partial charge in [0, 0.05) is 12.6 Å². The molecule has 1 aliphatic rings. The summed E-state index contributed by atoms with van der Waals surface area (Å²) in [5, 5.41) is 7.99. The summed E-state index contributed by atoms with van der Waals surface area (Å²) in [6, 6.07) is 0.663. The van der Waals surface area contributed by atoms with Gasteiger partial charge in [0.2, 0.25) is 0 Å². The van der Waals surface area contributed by atoms with Crippen molar-refractivity contribution in [1.29, 1.82) is 0 Å². The van der Waals surface area contributed by atoms with Crippen molar-refractivity contribution in [2.24, 2.45) is 0 Å². The quantitative estimate of drug-likeness (QED) is 0.882. The van der Waals surface area contributed by atoms with E-state index in [1.165, 1.54) is 24.4 Å². The van der Waals surface area contributed by atoms with Gasteiger partial charge in [0.15, 0.2) is 0 Å². The first kappa shape index (κ1) is 11.8. The lowest BCUT2D eigenvalue weighted by Gasteiger charge is -2.11. The van der Waals surface area contributed by atoms with Crippen molar-refractivity contribution in [1.82, 2.24) is 19.7 Å². The summed E-state index contributed by atoms with van der Waals surface area (Å²) in [4.78, 5) is 9.53. The summed E-state index contributed by atoms with van der Waals surface area (Å²) in [5.41, 5.74) is 1.01. The molecule has 0 saturated carbocycles. The maximum absolute atomic E-state index is 4.33. The first-order valence-electron chi connectivity index (χ1n) is 6.39. The molecule has 18 heavy (non-hydrogen) atoms. The molecule has 1 saturated heterocycles. The minimum absolute atomic E-state index is 0.663. The average Bonchev–Trinajstić information content (AvgIpc) is 3.00. The van der Waals surface area contributed by atoms with Gasteiger partial charge in [-0.25, -0.2) is 9.97 Å². The predicted octanol–water partition coefficient (Wildman–Crippen LogP) is 1.95. The topological polar surface area (TPSA) is 62.7 Å². The normalized spacial score (nSPS) is 19.5. The number of hydrogen-bond donors (Lipinski definition) is 2. The van der Waals surface area contributed by atoms with E-state index in [9.17, 15) is 0 Å². The molecule has 3 heterocycles. The molecule has 0 amide bonds. The first-order valence-corrected chi connectivity index (χ1v) is 7.16. The van der Waals surface area contributed by atoms with Crippen LogP contribution >= 0.6 is 11.5 Å². The van der Waals surface area contributed by atoms with Crippen molar-refractivity contribution in [3.8, 4) is 0 Å². The Hall–Kier alpha value is -1.27. The highest BCUT2D eigenvalue weighted by Gasteiger charge is 2.14. The fourth-order valence-electron chi connectivity index (χ4n) is 2.42. The highest BCUT2D eigenvalue weighted by molar-refractivity contribution is 7.13. The predicted molar refractivity (Wildman–Crippen MR) is 74.1 cm³/mol. The van der Waals surface area contributed by atoms with Crippen LogP contribution in [0.15, 0.2) is 6.33 Å². The average molecular weight is 263 g/mol. The number of aromatic nitrogens is 3. The van der Waals surface area contributed by atoms with Crippen molar-refractivity contribution < 1.29 is 0 Å². The fraction of sp³-hybridized carbons (Fsp3) is 0.583. The molecule has 1 atom stereocenters. The molecule has 0 bridgehead atoms. The monoisotopic (exact) mass is 263 g/mol. The molecule has 0 aliphatic carbocycles. The molecule has 0 radical (unpaired) electrons. The van der Waals surface area contributed by atoms with E-state index in [0.29, 0.717) is 6.04 Å². The van der Waals surface area contributed by atoms with Crippen LogP contribution in [0.3, 0.4) is 0 Å². The van der Waals surface area contributed by atoms with E-state index in [0.717, 1.165) is 41.2 Å².